The molecule has 0 atom stereocenters. The van der Waals surface area contributed by atoms with Gasteiger partial charge in [0, 0.05) is 12.2 Å². The van der Waals surface area contributed by atoms with Crippen LogP contribution in [0.3, 0.4) is 0 Å². The van der Waals surface area contributed by atoms with E-state index in [0.29, 0.717) is 30.9 Å². The number of unbranched alkanes of at least 4 members (excludes halogenated alkanes) is 7. The van der Waals surface area contributed by atoms with Crippen LogP contribution < -0.4 is 14.2 Å². The summed E-state index contributed by atoms with van der Waals surface area (Å²) in [6, 6.07) is 20.7. The maximum Gasteiger partial charge on any atom is 0.338 e. The second kappa shape index (κ2) is 29.4. The van der Waals surface area contributed by atoms with Gasteiger partial charge in [-0.3, -0.25) is 9.59 Å². The second-order valence-electron chi connectivity index (χ2n) is 16.0. The van der Waals surface area contributed by atoms with Crippen LogP contribution in [-0.4, -0.2) is 70.5 Å². The number of hydrogen-bond acceptors (Lipinski definition) is 12. The predicted molar refractivity (Wildman–Crippen MR) is 244 cm³/mol. The summed E-state index contributed by atoms with van der Waals surface area (Å²) >= 11 is 0. The number of esters is 5. The number of carbonyl (C=O) groups excluding carboxylic acids is 5. The molecule has 0 aliphatic carbocycles. The molecule has 3 aromatic carbocycles. The summed E-state index contributed by atoms with van der Waals surface area (Å²) in [5, 5.41) is 0. The quantitative estimate of drug-likeness (QED) is 0.0248. The Morgan fingerprint density at radius 1 is 0.460 bits per heavy atom. The standard InChI is InChI=1S/C26H40O5.C25H28O7/c1-5-26(2,3)25(28)31-21-13-11-9-7-6-8-10-12-20-30-24(27)19-16-22-14-17-23(29-4)18-15-22;1-5-25(2,3)24(28)31-17-16-30-23(27)19-9-13-21(14-10-19)32-22(26)15-8-18-6-11-20(29-4)12-7-18/h14-19H,5-13,20-21H2,1-4H3;6-15H,5,16-17H2,1-4H3/b19-16+;15-8+. The highest BCUT2D eigenvalue weighted by Crippen LogP contribution is 2.23. The van der Waals surface area contributed by atoms with Crippen molar-refractivity contribution >= 4 is 42.0 Å². The highest BCUT2D eigenvalue weighted by molar-refractivity contribution is 5.91. The van der Waals surface area contributed by atoms with Crippen LogP contribution in [0.25, 0.3) is 12.2 Å². The van der Waals surface area contributed by atoms with Gasteiger partial charge < -0.3 is 33.2 Å². The molecular weight excluding hydrogens is 805 g/mol. The largest absolute Gasteiger partial charge is 0.497 e. The second-order valence-corrected chi connectivity index (χ2v) is 16.0. The third kappa shape index (κ3) is 22.1. The number of benzene rings is 3. The van der Waals surface area contributed by atoms with Gasteiger partial charge in [-0.25, -0.2) is 14.4 Å². The average molecular weight is 873 g/mol. The summed E-state index contributed by atoms with van der Waals surface area (Å²) in [5.74, 6) is -0.0294. The molecule has 63 heavy (non-hydrogen) atoms. The lowest BCUT2D eigenvalue weighted by molar-refractivity contribution is -0.155. The normalized spacial score (nSPS) is 11.3. The number of ether oxygens (including phenoxy) is 7. The van der Waals surface area contributed by atoms with Crippen LogP contribution in [0.4, 0.5) is 0 Å². The minimum absolute atomic E-state index is 0.00969. The van der Waals surface area contributed by atoms with E-state index in [9.17, 15) is 24.0 Å². The number of hydrogen-bond donors (Lipinski definition) is 0. The number of carbonyl (C=O) groups is 5. The van der Waals surface area contributed by atoms with Crippen molar-refractivity contribution in [2.75, 3.05) is 40.6 Å². The van der Waals surface area contributed by atoms with Crippen molar-refractivity contribution in [2.45, 2.75) is 106 Å². The third-order valence-corrected chi connectivity index (χ3v) is 10.3. The Hall–Kier alpha value is -5.91. The molecule has 3 aromatic rings. The molecule has 0 aromatic heterocycles. The van der Waals surface area contributed by atoms with Gasteiger partial charge in [0.15, 0.2) is 0 Å². The molecule has 0 aliphatic heterocycles. The molecule has 0 amide bonds. The molecule has 0 fully saturated rings. The van der Waals surface area contributed by atoms with Crippen molar-refractivity contribution in [3.8, 4) is 17.2 Å². The molecule has 0 heterocycles. The van der Waals surface area contributed by atoms with E-state index in [1.807, 2.05) is 64.1 Å². The first-order valence-corrected chi connectivity index (χ1v) is 21.8. The molecule has 0 bridgehead atoms. The van der Waals surface area contributed by atoms with E-state index >= 15 is 0 Å². The monoisotopic (exact) mass is 872 g/mol. The topological polar surface area (TPSA) is 150 Å². The molecule has 3 rings (SSSR count). The Bertz CT molecular complexity index is 1870. The number of rotatable bonds is 26. The maximum atomic E-state index is 12.1. The molecule has 0 spiro atoms. The summed E-state index contributed by atoms with van der Waals surface area (Å²) in [7, 11) is 3.21. The Morgan fingerprint density at radius 2 is 0.841 bits per heavy atom. The van der Waals surface area contributed by atoms with Crippen molar-refractivity contribution in [1.29, 1.82) is 0 Å². The zero-order chi connectivity index (χ0) is 46.5. The summed E-state index contributed by atoms with van der Waals surface area (Å²) in [6.45, 7) is 12.3. The molecule has 12 nitrogen and oxygen atoms in total. The van der Waals surface area contributed by atoms with E-state index in [4.69, 9.17) is 33.2 Å². The molecule has 344 valence electrons. The smallest absolute Gasteiger partial charge is 0.338 e. The van der Waals surface area contributed by atoms with Crippen molar-refractivity contribution in [3.05, 3.63) is 102 Å². The van der Waals surface area contributed by atoms with E-state index in [0.717, 1.165) is 61.2 Å². The molecule has 0 radical (unpaired) electrons. The Morgan fingerprint density at radius 3 is 1.29 bits per heavy atom. The highest BCUT2D eigenvalue weighted by atomic mass is 16.6. The first-order chi connectivity index (χ1) is 30.1. The summed E-state index contributed by atoms with van der Waals surface area (Å²) in [5.41, 5.74) is 1.10. The average Bonchev–Trinajstić information content (AvgIpc) is 3.29. The Kier molecular flexibility index (Phi) is 24.8. The van der Waals surface area contributed by atoms with Crippen LogP contribution in [-0.2, 0) is 38.1 Å². The van der Waals surface area contributed by atoms with Crippen LogP contribution in [0.2, 0.25) is 0 Å². The first kappa shape index (κ1) is 53.2. The van der Waals surface area contributed by atoms with Crippen LogP contribution >= 0.6 is 0 Å². The van der Waals surface area contributed by atoms with Crippen LogP contribution in [0, 0.1) is 10.8 Å². The zero-order valence-corrected chi connectivity index (χ0v) is 38.5. The summed E-state index contributed by atoms with van der Waals surface area (Å²) in [6.07, 6.45) is 16.3. The lowest BCUT2D eigenvalue weighted by Crippen LogP contribution is -2.27. The van der Waals surface area contributed by atoms with E-state index in [-0.39, 0.29) is 36.5 Å². The molecule has 0 saturated heterocycles. The van der Waals surface area contributed by atoms with E-state index < -0.39 is 17.4 Å². The SMILES string of the molecule is CCC(C)(C)C(=O)OCCCCCCCCCCOC(=O)/C=C/c1ccc(OC)cc1.CCC(C)(C)C(=O)OCCOC(=O)c1ccc(OC(=O)/C=C/c2ccc(OC)cc2)cc1. The lowest BCUT2D eigenvalue weighted by Gasteiger charge is -2.20. The van der Waals surface area contributed by atoms with Gasteiger partial charge in [0.05, 0.1) is 43.8 Å². The van der Waals surface area contributed by atoms with Crippen molar-refractivity contribution in [1.82, 2.24) is 0 Å². The zero-order valence-electron chi connectivity index (χ0n) is 38.5. The molecule has 0 unspecified atom stereocenters. The van der Waals surface area contributed by atoms with Crippen molar-refractivity contribution in [2.24, 2.45) is 10.8 Å². The van der Waals surface area contributed by atoms with Crippen LogP contribution in [0.5, 0.6) is 17.2 Å². The highest BCUT2D eigenvalue weighted by Gasteiger charge is 2.27. The molecule has 0 saturated carbocycles. The maximum absolute atomic E-state index is 12.1. The van der Waals surface area contributed by atoms with Gasteiger partial charge in [0.2, 0.25) is 0 Å². The lowest BCUT2D eigenvalue weighted by atomic mass is 9.91. The fourth-order valence-electron chi connectivity index (χ4n) is 5.25. The minimum atomic E-state index is -0.568. The van der Waals surface area contributed by atoms with Gasteiger partial charge in [-0.2, -0.15) is 0 Å². The Balaban J connectivity index is 0.000000434. The van der Waals surface area contributed by atoms with Crippen molar-refractivity contribution in [3.63, 3.8) is 0 Å². The molecule has 0 aliphatic rings. The fourth-order valence-corrected chi connectivity index (χ4v) is 5.25. The summed E-state index contributed by atoms with van der Waals surface area (Å²) in [4.78, 5) is 59.6. The third-order valence-electron chi connectivity index (χ3n) is 10.3. The molecule has 12 heteroatoms. The van der Waals surface area contributed by atoms with Crippen LogP contribution in [0.1, 0.15) is 127 Å². The first-order valence-electron chi connectivity index (χ1n) is 21.8. The van der Waals surface area contributed by atoms with Gasteiger partial charge in [0.1, 0.15) is 30.5 Å². The van der Waals surface area contributed by atoms with Gasteiger partial charge in [-0.05, 0) is 125 Å². The molecule has 0 N–H and O–H groups in total. The van der Waals surface area contributed by atoms with Gasteiger partial charge in [-0.1, -0.05) is 76.6 Å². The number of methoxy groups -OCH3 is 2. The minimum Gasteiger partial charge on any atom is -0.497 e. The van der Waals surface area contributed by atoms with Gasteiger partial charge in [0.25, 0.3) is 0 Å². The van der Waals surface area contributed by atoms with E-state index in [1.165, 1.54) is 55.7 Å². The summed E-state index contributed by atoms with van der Waals surface area (Å²) < 4.78 is 36.2. The van der Waals surface area contributed by atoms with Gasteiger partial charge >= 0.3 is 29.8 Å². The Labute approximate surface area is 374 Å². The molecular formula is C51H68O12. The van der Waals surface area contributed by atoms with Crippen LogP contribution in [0.15, 0.2) is 84.9 Å². The van der Waals surface area contributed by atoms with Gasteiger partial charge in [-0.15, -0.1) is 0 Å². The van der Waals surface area contributed by atoms with E-state index in [2.05, 4.69) is 0 Å². The van der Waals surface area contributed by atoms with Crippen molar-refractivity contribution < 1.29 is 57.1 Å². The van der Waals surface area contributed by atoms with E-state index in [1.54, 1.807) is 52.4 Å². The predicted octanol–water partition coefficient (Wildman–Crippen LogP) is 10.8. The fraction of sp³-hybridized carbons (Fsp3) is 0.471.